The standard InChI is InChI=1S/C30H35FO12S/c1-13-2-3-14(23(36)27(40)29(42)25(38)20(34)11-32)8-15(13)9-17-5-7-22(44-17)18-6-4-16(31)10-19(18)24(37)28(41)30(43)26(39)21(35)12-33/h2-8,10,20-21,25-30,32-35,38-43H,9,11-12H2,1H3/t20-,21-,25-,26-,27+,28+,29+,30+/m1/s1. The average Bonchev–Trinajstić information content (AvgIpc) is 3.50. The number of benzene rings is 2. The van der Waals surface area contributed by atoms with Crippen molar-refractivity contribution in [2.24, 2.45) is 0 Å². The highest BCUT2D eigenvalue weighted by Gasteiger charge is 2.36. The van der Waals surface area contributed by atoms with Crippen LogP contribution in [0.5, 0.6) is 0 Å². The molecule has 0 saturated carbocycles. The molecule has 1 heterocycles. The zero-order chi connectivity index (χ0) is 32.9. The third-order valence-corrected chi connectivity index (χ3v) is 8.34. The number of hydrogen-bond acceptors (Lipinski definition) is 13. The van der Waals surface area contributed by atoms with Crippen LogP contribution in [0, 0.1) is 12.7 Å². The predicted molar refractivity (Wildman–Crippen MR) is 155 cm³/mol. The second kappa shape index (κ2) is 15.3. The number of carbonyl (C=O) groups excluding carboxylic acids is 2. The lowest BCUT2D eigenvalue weighted by molar-refractivity contribution is -0.105. The molecule has 2 aromatic carbocycles. The summed E-state index contributed by atoms with van der Waals surface area (Å²) >= 11 is 1.20. The molecule has 1 aromatic heterocycles. The highest BCUT2D eigenvalue weighted by atomic mass is 32.1. The summed E-state index contributed by atoms with van der Waals surface area (Å²) in [5.41, 5.74) is 1.32. The molecule has 0 aliphatic rings. The Morgan fingerprint density at radius 1 is 0.727 bits per heavy atom. The van der Waals surface area contributed by atoms with Crippen LogP contribution in [-0.2, 0) is 6.42 Å². The first-order chi connectivity index (χ1) is 20.7. The van der Waals surface area contributed by atoms with Crippen molar-refractivity contribution in [1.82, 2.24) is 0 Å². The number of aliphatic hydroxyl groups is 10. The zero-order valence-electron chi connectivity index (χ0n) is 23.4. The van der Waals surface area contributed by atoms with Crippen molar-refractivity contribution in [2.45, 2.75) is 62.2 Å². The van der Waals surface area contributed by atoms with Crippen molar-refractivity contribution in [3.63, 3.8) is 0 Å². The molecule has 0 bridgehead atoms. The lowest BCUT2D eigenvalue weighted by Crippen LogP contribution is -2.48. The maximum absolute atomic E-state index is 14.2. The van der Waals surface area contributed by atoms with Crippen molar-refractivity contribution in [2.75, 3.05) is 13.2 Å². The number of halogens is 1. The van der Waals surface area contributed by atoms with Gasteiger partial charge in [0.05, 0.1) is 13.2 Å². The maximum atomic E-state index is 14.2. The minimum Gasteiger partial charge on any atom is -0.394 e. The molecule has 3 aromatic rings. The van der Waals surface area contributed by atoms with Crippen molar-refractivity contribution < 1.29 is 65.0 Å². The van der Waals surface area contributed by atoms with E-state index in [2.05, 4.69) is 0 Å². The monoisotopic (exact) mass is 638 g/mol. The number of hydrogen-bond donors (Lipinski definition) is 10. The number of carbonyl (C=O) groups is 2. The first-order valence-electron chi connectivity index (χ1n) is 13.4. The van der Waals surface area contributed by atoms with Gasteiger partial charge in [0, 0.05) is 32.9 Å². The van der Waals surface area contributed by atoms with Gasteiger partial charge in [0.15, 0.2) is 11.6 Å². The Morgan fingerprint density at radius 2 is 1.30 bits per heavy atom. The number of ketones is 2. The van der Waals surface area contributed by atoms with Gasteiger partial charge in [-0.15, -0.1) is 11.3 Å². The number of rotatable bonds is 15. The van der Waals surface area contributed by atoms with E-state index in [1.165, 1.54) is 29.5 Å². The molecule has 3 rings (SSSR count). The molecule has 12 nitrogen and oxygen atoms in total. The van der Waals surface area contributed by atoms with Crippen LogP contribution in [0.3, 0.4) is 0 Å². The van der Waals surface area contributed by atoms with Gasteiger partial charge in [-0.05, 0) is 54.4 Å². The van der Waals surface area contributed by atoms with Crippen LogP contribution in [0.15, 0.2) is 48.5 Å². The number of aliphatic hydroxyl groups excluding tert-OH is 10. The minimum absolute atomic E-state index is 0.00656. The Morgan fingerprint density at radius 3 is 1.86 bits per heavy atom. The molecule has 10 N–H and O–H groups in total. The van der Waals surface area contributed by atoms with Crippen LogP contribution in [-0.4, -0.2) is 125 Å². The zero-order valence-corrected chi connectivity index (χ0v) is 24.3. The van der Waals surface area contributed by atoms with E-state index in [1.54, 1.807) is 25.1 Å². The van der Waals surface area contributed by atoms with E-state index >= 15 is 0 Å². The van der Waals surface area contributed by atoms with Gasteiger partial charge in [-0.1, -0.05) is 12.1 Å². The topological polar surface area (TPSA) is 236 Å². The van der Waals surface area contributed by atoms with Crippen LogP contribution < -0.4 is 0 Å². The van der Waals surface area contributed by atoms with E-state index in [9.17, 15) is 54.8 Å². The fourth-order valence-electron chi connectivity index (χ4n) is 4.44. The molecule has 0 amide bonds. The van der Waals surface area contributed by atoms with Gasteiger partial charge >= 0.3 is 0 Å². The Labute approximate surface area is 255 Å². The van der Waals surface area contributed by atoms with E-state index in [0.717, 1.165) is 22.6 Å². The van der Waals surface area contributed by atoms with Crippen molar-refractivity contribution >= 4 is 22.9 Å². The van der Waals surface area contributed by atoms with Gasteiger partial charge in [-0.3, -0.25) is 9.59 Å². The summed E-state index contributed by atoms with van der Waals surface area (Å²) in [7, 11) is 0. The summed E-state index contributed by atoms with van der Waals surface area (Å²) in [5.74, 6) is -2.87. The molecule has 0 aliphatic heterocycles. The summed E-state index contributed by atoms with van der Waals surface area (Å²) in [4.78, 5) is 27.1. The Bertz CT molecular complexity index is 1450. The third kappa shape index (κ3) is 7.99. The molecule has 8 atom stereocenters. The number of Topliss-reactive ketones (excluding diaryl/α,β-unsaturated/α-hetero) is 2. The van der Waals surface area contributed by atoms with Gasteiger partial charge in [-0.2, -0.15) is 0 Å². The SMILES string of the molecule is Cc1ccc(C(=O)[C@H](O)[C@@H](O)[C@H](O)[C@H](O)CO)cc1Cc1ccc(-c2ccc(F)cc2C(=O)[C@H](O)[C@@H](O)[C@H](O)[C@H](O)CO)s1. The predicted octanol–water partition coefficient (Wildman–Crippen LogP) is -1.31. The summed E-state index contributed by atoms with van der Waals surface area (Å²) in [6.07, 6.45) is -16.0. The summed E-state index contributed by atoms with van der Waals surface area (Å²) < 4.78 is 14.2. The first kappa shape index (κ1) is 35.5. The van der Waals surface area contributed by atoms with E-state index in [0.29, 0.717) is 10.4 Å². The molecule has 0 aliphatic carbocycles. The van der Waals surface area contributed by atoms with Crippen LogP contribution in [0.25, 0.3) is 10.4 Å². The highest BCUT2D eigenvalue weighted by Crippen LogP contribution is 2.34. The van der Waals surface area contributed by atoms with Crippen LogP contribution in [0.1, 0.15) is 36.7 Å². The van der Waals surface area contributed by atoms with Gasteiger partial charge in [0.2, 0.25) is 0 Å². The number of thiophene rings is 1. The fraction of sp³-hybridized carbons (Fsp3) is 0.400. The average molecular weight is 639 g/mol. The molecule has 0 fully saturated rings. The Balaban J connectivity index is 1.86. The van der Waals surface area contributed by atoms with E-state index in [-0.39, 0.29) is 23.1 Å². The molecular weight excluding hydrogens is 603 g/mol. The van der Waals surface area contributed by atoms with Gasteiger partial charge in [-0.25, -0.2) is 4.39 Å². The van der Waals surface area contributed by atoms with Crippen molar-refractivity contribution in [1.29, 1.82) is 0 Å². The first-order valence-corrected chi connectivity index (χ1v) is 14.3. The van der Waals surface area contributed by atoms with Crippen molar-refractivity contribution in [3.05, 3.63) is 81.5 Å². The van der Waals surface area contributed by atoms with Crippen LogP contribution in [0.4, 0.5) is 4.39 Å². The maximum Gasteiger partial charge on any atom is 0.194 e. The van der Waals surface area contributed by atoms with Crippen LogP contribution >= 0.6 is 11.3 Å². The molecular formula is C30H35FO12S. The molecule has 0 spiro atoms. The molecule has 14 heteroatoms. The van der Waals surface area contributed by atoms with Gasteiger partial charge in [0.25, 0.3) is 0 Å². The summed E-state index contributed by atoms with van der Waals surface area (Å²) in [6, 6.07) is 11.1. The molecule has 0 radical (unpaired) electrons. The smallest absolute Gasteiger partial charge is 0.194 e. The third-order valence-electron chi connectivity index (χ3n) is 7.22. The summed E-state index contributed by atoms with van der Waals surface area (Å²) in [6.45, 7) is -0.0692. The lowest BCUT2D eigenvalue weighted by atomic mass is 9.93. The quantitative estimate of drug-likeness (QED) is 0.0874. The lowest BCUT2D eigenvalue weighted by Gasteiger charge is -2.25. The van der Waals surface area contributed by atoms with Gasteiger partial charge in [0.1, 0.15) is 54.6 Å². The van der Waals surface area contributed by atoms with Gasteiger partial charge < -0.3 is 51.1 Å². The Hall–Kier alpha value is -2.99. The normalized spacial score (nSPS) is 17.3. The minimum atomic E-state index is -2.25. The second-order valence-corrected chi connectivity index (χ2v) is 11.5. The summed E-state index contributed by atoms with van der Waals surface area (Å²) in [5, 5.41) is 97.7. The van der Waals surface area contributed by atoms with E-state index in [4.69, 9.17) is 10.2 Å². The van der Waals surface area contributed by atoms with Crippen LogP contribution in [0.2, 0.25) is 0 Å². The van der Waals surface area contributed by atoms with E-state index < -0.39 is 79.4 Å². The van der Waals surface area contributed by atoms with E-state index in [1.807, 2.05) is 0 Å². The molecule has 240 valence electrons. The number of aryl methyl sites for hydroxylation is 1. The highest BCUT2D eigenvalue weighted by molar-refractivity contribution is 7.15. The Kier molecular flexibility index (Phi) is 12.4. The molecule has 0 unspecified atom stereocenters. The molecule has 0 saturated heterocycles. The largest absolute Gasteiger partial charge is 0.394 e. The van der Waals surface area contributed by atoms with Crippen molar-refractivity contribution in [3.8, 4) is 10.4 Å². The second-order valence-electron chi connectivity index (χ2n) is 10.4. The fourth-order valence-corrected chi connectivity index (χ4v) is 5.51. The molecule has 44 heavy (non-hydrogen) atoms.